The van der Waals surface area contributed by atoms with Gasteiger partial charge < -0.3 is 20.1 Å². The first kappa shape index (κ1) is 43.0. The summed E-state index contributed by atoms with van der Waals surface area (Å²) in [6, 6.07) is 0. The summed E-state index contributed by atoms with van der Waals surface area (Å²) in [6.45, 7) is 9.76. The molecule has 3 N–H and O–H groups in total. The molecule has 1 aliphatic rings. The van der Waals surface area contributed by atoms with Gasteiger partial charge in [0.2, 0.25) is 0 Å². The highest BCUT2D eigenvalue weighted by Crippen LogP contribution is 2.18. The van der Waals surface area contributed by atoms with Gasteiger partial charge in [-0.1, -0.05) is 182 Å². The average Bonchev–Trinajstić information content (AvgIpc) is 3.82. The Morgan fingerprint density at radius 3 is 1.12 bits per heavy atom. The van der Waals surface area contributed by atoms with Gasteiger partial charge in [-0.25, -0.2) is 0 Å². The summed E-state index contributed by atoms with van der Waals surface area (Å²) in [4.78, 5) is 0. The first-order valence-corrected chi connectivity index (χ1v) is 18.6. The van der Waals surface area contributed by atoms with E-state index in [0.717, 1.165) is 32.3 Å². The first-order chi connectivity index (χ1) is 20.0. The number of aliphatic hydroxyl groups is 3. The normalized spacial score (nSPS) is 15.4. The van der Waals surface area contributed by atoms with Crippen molar-refractivity contribution in [3.8, 4) is 0 Å². The summed E-state index contributed by atoms with van der Waals surface area (Å²) in [7, 11) is 0. The number of hydrogen-bond acceptors (Lipinski definition) is 4. The van der Waals surface area contributed by atoms with E-state index in [1.807, 2.05) is 0 Å². The highest BCUT2D eigenvalue weighted by atomic mass is 16.6. The van der Waals surface area contributed by atoms with Crippen LogP contribution in [0.3, 0.4) is 0 Å². The molecule has 1 saturated heterocycles. The molecule has 0 amide bonds. The number of unbranched alkanes of at least 4 members (excludes halogenated alkanes) is 21. The first-order valence-electron chi connectivity index (χ1n) is 18.6. The number of epoxide rings is 1. The van der Waals surface area contributed by atoms with Gasteiger partial charge in [-0.05, 0) is 25.7 Å². The minimum absolute atomic E-state index is 0.0462. The standard InChI is InChI=1S/C13H28O.C12H26O2.C12H24O/c1-3-5-6-7-8-9-10-11-12-13(14)4-2;1-2-3-4-5-6-7-8-9-10-12(14)11-13;1-2-3-4-5-6-7-8-9-10-12-11-13-12/h13-14H,3-12H2,1-2H3;12-14H,2-11H2,1H3;12H,2-11H2,1H3/t13-;2*12-/m010/s1. The van der Waals surface area contributed by atoms with Gasteiger partial charge in [0, 0.05) is 0 Å². The summed E-state index contributed by atoms with van der Waals surface area (Å²) < 4.78 is 5.17. The fourth-order valence-electron chi connectivity index (χ4n) is 5.06. The molecule has 0 aromatic heterocycles. The van der Waals surface area contributed by atoms with E-state index < -0.39 is 6.10 Å². The molecule has 1 fully saturated rings. The molecule has 250 valence electrons. The smallest absolute Gasteiger partial charge is 0.0810 e. The van der Waals surface area contributed by atoms with E-state index >= 15 is 0 Å². The Hall–Kier alpha value is -0.160. The van der Waals surface area contributed by atoms with Crippen LogP contribution in [-0.4, -0.2) is 46.8 Å². The highest BCUT2D eigenvalue weighted by Gasteiger charge is 2.20. The van der Waals surface area contributed by atoms with Gasteiger partial charge in [0.05, 0.1) is 31.5 Å². The van der Waals surface area contributed by atoms with Crippen molar-refractivity contribution in [3.63, 3.8) is 0 Å². The molecular weight excluding hydrogens is 508 g/mol. The van der Waals surface area contributed by atoms with E-state index in [2.05, 4.69) is 27.7 Å². The second kappa shape index (κ2) is 37.9. The molecule has 1 rings (SSSR count). The summed E-state index contributed by atoms with van der Waals surface area (Å²) >= 11 is 0. The summed E-state index contributed by atoms with van der Waals surface area (Å²) in [5, 5.41) is 27.0. The monoisotopic (exact) mass is 587 g/mol. The van der Waals surface area contributed by atoms with Crippen LogP contribution in [0.4, 0.5) is 0 Å². The molecule has 4 heteroatoms. The topological polar surface area (TPSA) is 73.2 Å². The molecule has 0 aliphatic carbocycles. The van der Waals surface area contributed by atoms with Crippen LogP contribution in [0.15, 0.2) is 0 Å². The summed E-state index contributed by atoms with van der Waals surface area (Å²) in [5.74, 6) is 0. The lowest BCUT2D eigenvalue weighted by molar-refractivity contribution is 0.0860. The van der Waals surface area contributed by atoms with Crippen LogP contribution in [0.25, 0.3) is 0 Å². The molecule has 0 spiro atoms. The second-order valence-corrected chi connectivity index (χ2v) is 12.6. The molecule has 0 saturated carbocycles. The fourth-order valence-corrected chi connectivity index (χ4v) is 5.06. The molecule has 0 aromatic carbocycles. The zero-order chi connectivity index (χ0) is 30.7. The van der Waals surface area contributed by atoms with Crippen molar-refractivity contribution in [3.05, 3.63) is 0 Å². The van der Waals surface area contributed by atoms with E-state index in [9.17, 15) is 5.11 Å². The van der Waals surface area contributed by atoms with Gasteiger partial charge in [0.15, 0.2) is 0 Å². The predicted octanol–water partition coefficient (Wildman–Crippen LogP) is 11.1. The van der Waals surface area contributed by atoms with E-state index in [4.69, 9.17) is 14.9 Å². The Bertz CT molecular complexity index is 415. The maximum Gasteiger partial charge on any atom is 0.0810 e. The molecule has 0 aromatic rings. The van der Waals surface area contributed by atoms with Crippen LogP contribution >= 0.6 is 0 Å². The van der Waals surface area contributed by atoms with Crippen LogP contribution < -0.4 is 0 Å². The van der Waals surface area contributed by atoms with E-state index in [1.165, 1.54) is 154 Å². The highest BCUT2D eigenvalue weighted by molar-refractivity contribution is 4.68. The van der Waals surface area contributed by atoms with Crippen molar-refractivity contribution in [2.75, 3.05) is 13.2 Å². The van der Waals surface area contributed by atoms with Gasteiger partial charge in [-0.3, -0.25) is 0 Å². The average molecular weight is 587 g/mol. The van der Waals surface area contributed by atoms with Gasteiger partial charge in [0.1, 0.15) is 0 Å². The van der Waals surface area contributed by atoms with Crippen LogP contribution in [0.1, 0.15) is 207 Å². The maximum absolute atomic E-state index is 9.33. The Kier molecular flexibility index (Phi) is 39.7. The Labute approximate surface area is 258 Å². The van der Waals surface area contributed by atoms with Crippen molar-refractivity contribution >= 4 is 0 Å². The predicted molar refractivity (Wildman–Crippen MR) is 181 cm³/mol. The molecule has 0 unspecified atom stereocenters. The zero-order valence-electron chi connectivity index (χ0n) is 28.7. The van der Waals surface area contributed by atoms with Crippen molar-refractivity contribution in [2.24, 2.45) is 0 Å². The number of aliphatic hydroxyl groups excluding tert-OH is 3. The van der Waals surface area contributed by atoms with E-state index in [0.29, 0.717) is 6.10 Å². The van der Waals surface area contributed by atoms with Gasteiger partial charge >= 0.3 is 0 Å². The quantitative estimate of drug-likeness (QED) is 0.0602. The van der Waals surface area contributed by atoms with Crippen molar-refractivity contribution in [1.29, 1.82) is 0 Å². The van der Waals surface area contributed by atoms with Gasteiger partial charge in [-0.15, -0.1) is 0 Å². The lowest BCUT2D eigenvalue weighted by Gasteiger charge is -2.06. The summed E-state index contributed by atoms with van der Waals surface area (Å²) in [5.41, 5.74) is 0. The third-order valence-corrected chi connectivity index (χ3v) is 8.25. The molecule has 1 heterocycles. The minimum Gasteiger partial charge on any atom is -0.394 e. The lowest BCUT2D eigenvalue weighted by atomic mass is 10.0. The molecule has 4 nitrogen and oxygen atoms in total. The molecule has 41 heavy (non-hydrogen) atoms. The summed E-state index contributed by atoms with van der Waals surface area (Å²) in [6.07, 6.45) is 36.6. The van der Waals surface area contributed by atoms with Crippen LogP contribution in [0.2, 0.25) is 0 Å². The molecule has 0 radical (unpaired) electrons. The fraction of sp³-hybridized carbons (Fsp3) is 1.00. The molecule has 3 atom stereocenters. The van der Waals surface area contributed by atoms with E-state index in [-0.39, 0.29) is 12.7 Å². The number of ether oxygens (including phenoxy) is 1. The van der Waals surface area contributed by atoms with Crippen LogP contribution in [-0.2, 0) is 4.74 Å². The Morgan fingerprint density at radius 1 is 0.488 bits per heavy atom. The van der Waals surface area contributed by atoms with Crippen molar-refractivity contribution in [1.82, 2.24) is 0 Å². The maximum atomic E-state index is 9.33. The molecule has 1 aliphatic heterocycles. The third-order valence-electron chi connectivity index (χ3n) is 8.25. The third kappa shape index (κ3) is 42.0. The SMILES string of the molecule is CCCCCCCCCC[C@@H](O)CC.CCCCCCCCCC[C@@H](O)CO.CCCCCCCCCC[C@H]1CO1. The molecular formula is C37H78O4. The lowest BCUT2D eigenvalue weighted by Crippen LogP contribution is -2.10. The van der Waals surface area contributed by atoms with Crippen LogP contribution in [0, 0.1) is 0 Å². The van der Waals surface area contributed by atoms with Crippen molar-refractivity contribution < 1.29 is 20.1 Å². The molecule has 0 bridgehead atoms. The van der Waals surface area contributed by atoms with Crippen molar-refractivity contribution in [2.45, 2.75) is 226 Å². The van der Waals surface area contributed by atoms with Crippen LogP contribution in [0.5, 0.6) is 0 Å². The largest absolute Gasteiger partial charge is 0.394 e. The number of rotatable bonds is 29. The number of hydrogen-bond donors (Lipinski definition) is 3. The Balaban J connectivity index is 0. The van der Waals surface area contributed by atoms with E-state index in [1.54, 1.807) is 0 Å². The Morgan fingerprint density at radius 2 is 0.805 bits per heavy atom. The second-order valence-electron chi connectivity index (χ2n) is 12.6. The van der Waals surface area contributed by atoms with Gasteiger partial charge in [-0.2, -0.15) is 0 Å². The minimum atomic E-state index is -0.491. The van der Waals surface area contributed by atoms with Gasteiger partial charge in [0.25, 0.3) is 0 Å². The zero-order valence-corrected chi connectivity index (χ0v) is 28.7.